The molecule has 0 N–H and O–H groups in total. The molecular weight excluding hydrogens is 2100 g/mol. The summed E-state index contributed by atoms with van der Waals surface area (Å²) in [6.07, 6.45) is 31.6. The molecule has 0 spiro atoms. The van der Waals surface area contributed by atoms with Crippen LogP contribution in [0.1, 0.15) is 16.5 Å². The second-order valence-corrected chi connectivity index (χ2v) is 123. The van der Waals surface area contributed by atoms with E-state index in [9.17, 15) is 81.3 Å². The highest BCUT2D eigenvalue weighted by atomic mass is 31.2. The van der Waals surface area contributed by atoms with E-state index in [-0.39, 0.29) is 98.6 Å². The maximum atomic E-state index is 14.5. The van der Waals surface area contributed by atoms with Crippen molar-refractivity contribution in [3.8, 4) is 0 Å². The second-order valence-electron chi connectivity index (χ2n) is 44.1. The molecule has 131 heavy (non-hydrogen) atoms. The van der Waals surface area contributed by atoms with Crippen molar-refractivity contribution in [2.24, 2.45) is 35.7 Å². The Bertz CT molecular complexity index is 4780. The van der Waals surface area contributed by atoms with Crippen molar-refractivity contribution < 1.29 is 82.6 Å². The van der Waals surface area contributed by atoms with Gasteiger partial charge >= 0.3 is 0 Å². The molecule has 0 saturated carbocycles. The van der Waals surface area contributed by atoms with E-state index in [0.717, 1.165) is 14.3 Å². The van der Waals surface area contributed by atoms with Gasteiger partial charge in [0.1, 0.15) is 0 Å². The first-order chi connectivity index (χ1) is 60.1. The highest BCUT2D eigenvalue weighted by Gasteiger charge is 2.50. The van der Waals surface area contributed by atoms with Crippen LogP contribution >= 0.6 is 164 Å². The van der Waals surface area contributed by atoms with Crippen LogP contribution in [0.25, 0.3) is 0 Å². The van der Waals surface area contributed by atoms with Crippen molar-refractivity contribution in [3.63, 3.8) is 0 Å². The molecule has 0 aromatic carbocycles. The molecule has 0 rings (SSSR count). The minimum Gasteiger partial charge on any atom is -0.324 e. The number of nitrogens with zero attached hydrogens (tertiary/aromatic N) is 14. The number of hydrogen-bond acceptors (Lipinski definition) is 30. The van der Waals surface area contributed by atoms with Gasteiger partial charge in [0.05, 0.1) is 181 Å². The predicted molar refractivity (Wildman–Crippen MR) is 637 cm³/mol. The molecule has 0 fully saturated rings. The van der Waals surface area contributed by atoms with E-state index in [1.807, 2.05) is 0 Å². The van der Waals surface area contributed by atoms with Gasteiger partial charge < -0.3 is 73.0 Å². The molecule has 0 saturated heterocycles. The molecular formula is C78H181N14O16P23. The maximum absolute atomic E-state index is 14.5. The Morgan fingerprint density at radius 2 is 0.275 bits per heavy atom. The quantitative estimate of drug-likeness (QED) is 0.0310. The molecule has 0 bridgehead atoms. The lowest BCUT2D eigenvalue weighted by Crippen LogP contribution is -2.36. The topological polar surface area (TPSA) is 382 Å². The van der Waals surface area contributed by atoms with Crippen LogP contribution in [0.5, 0.6) is 0 Å². The third-order valence-corrected chi connectivity index (χ3v) is 70.7. The van der Waals surface area contributed by atoms with Crippen molar-refractivity contribution in [3.05, 3.63) is 0 Å². The van der Waals surface area contributed by atoms with Gasteiger partial charge in [-0.3, -0.25) is 33.5 Å². The number of rotatable bonds is 60. The molecule has 774 valence electrons. The fraction of sp³-hybridized carbons (Fsp3) is 0.821. The Labute approximate surface area is 808 Å². The summed E-state index contributed by atoms with van der Waals surface area (Å²) in [4.78, 5) is 0. The number of hydrazone groups is 7. The van der Waals surface area contributed by atoms with Crippen LogP contribution in [0.15, 0.2) is 35.7 Å². The van der Waals surface area contributed by atoms with Gasteiger partial charge in [-0.1, -0.05) is 44.1 Å². The average Bonchev–Trinajstić information content (AvgIpc) is 0.752. The summed E-state index contributed by atoms with van der Waals surface area (Å²) in [5.41, 5.74) is -7.18. The molecule has 0 atom stereocenters. The molecule has 30 nitrogen and oxygen atoms in total. The molecule has 0 radical (unpaired) electrons. The molecule has 0 aliphatic heterocycles. The first-order valence-electron chi connectivity index (χ1n) is 45.9. The van der Waals surface area contributed by atoms with E-state index in [4.69, 9.17) is 57.2 Å². The van der Waals surface area contributed by atoms with E-state index in [1.165, 1.54) is 75.4 Å². The van der Waals surface area contributed by atoms with Gasteiger partial charge in [0.15, 0.2) is 0 Å². The fourth-order valence-corrected chi connectivity index (χ4v) is 83.5. The van der Waals surface area contributed by atoms with E-state index in [1.54, 1.807) is 213 Å². The molecule has 0 unspecified atom stereocenters. The summed E-state index contributed by atoms with van der Waals surface area (Å²) in [5, 5.41) is 34.4. The lowest BCUT2D eigenvalue weighted by atomic mass is 10.5. The smallest absolute Gasteiger partial charge is 0.0887 e. The van der Waals surface area contributed by atoms with Crippen LogP contribution in [-0.4, -0.2) is 526 Å². The first-order valence-corrected chi connectivity index (χ1v) is 101. The van der Waals surface area contributed by atoms with Crippen molar-refractivity contribution in [2.45, 2.75) is 52.2 Å². The average molecular weight is 2290 g/mol. The van der Waals surface area contributed by atoms with Gasteiger partial charge in [-0.2, -0.15) is 35.7 Å². The zero-order valence-corrected chi connectivity index (χ0v) is 108. The first kappa shape index (κ1) is 120. The summed E-state index contributed by atoms with van der Waals surface area (Å²) in [7, 11) is -70.6. The van der Waals surface area contributed by atoms with Crippen LogP contribution in [0.3, 0.4) is 0 Å². The van der Waals surface area contributed by atoms with E-state index in [0.29, 0.717) is 0 Å². The van der Waals surface area contributed by atoms with Crippen LogP contribution in [0.2, 0.25) is 0 Å². The highest BCUT2D eigenvalue weighted by Crippen LogP contribution is 2.73. The third-order valence-electron chi connectivity index (χ3n) is 21.5. The Morgan fingerprint density at radius 3 is 0.359 bits per heavy atom. The molecule has 0 heterocycles. The van der Waals surface area contributed by atoms with Crippen molar-refractivity contribution in [1.29, 1.82) is 0 Å². The van der Waals surface area contributed by atoms with Gasteiger partial charge in [-0.05, 0) is 248 Å². The Balaban J connectivity index is 12.1. The Kier molecular flexibility index (Phi) is 44.9. The highest BCUT2D eigenvalue weighted by molar-refractivity contribution is 7.98. The molecule has 0 aliphatic carbocycles. The fourth-order valence-electron chi connectivity index (χ4n) is 15.9. The van der Waals surface area contributed by atoms with E-state index < -0.39 is 251 Å². The molecule has 0 aromatic rings. The summed E-state index contributed by atoms with van der Waals surface area (Å²) >= 11 is 0. The summed E-state index contributed by atoms with van der Waals surface area (Å²) in [5.74, 6) is -5.15. The minimum atomic E-state index is -4.78. The molecule has 53 heteroatoms. The zero-order valence-electron chi connectivity index (χ0n) is 94.5. The normalized spacial score (nSPS) is 17.9. The van der Waals surface area contributed by atoms with Crippen molar-refractivity contribution >= 4 is 249 Å². The van der Waals surface area contributed by atoms with Crippen LogP contribution in [0, 0.1) is 0 Å². The van der Waals surface area contributed by atoms with Crippen LogP contribution in [0.4, 0.5) is 0 Å². The molecule has 0 aliphatic rings. The van der Waals surface area contributed by atoms with Crippen molar-refractivity contribution in [1.82, 2.24) is 33.5 Å². The summed E-state index contributed by atoms with van der Waals surface area (Å²) in [6, 6.07) is 0. The molecule has 0 amide bonds. The Hall–Kier alpha value is 2.07. The summed E-state index contributed by atoms with van der Waals surface area (Å²) < 4.78 is 314. The zero-order chi connectivity index (χ0) is 110. The van der Waals surface area contributed by atoms with Crippen LogP contribution < -0.4 is 0 Å². The maximum Gasteiger partial charge on any atom is 0.0887 e. The Morgan fingerprint density at radius 1 is 0.191 bits per heavy atom. The van der Waals surface area contributed by atoms with Gasteiger partial charge in [0.2, 0.25) is 0 Å². The van der Waals surface area contributed by atoms with Gasteiger partial charge in [-0.15, -0.1) is 0 Å². The van der Waals surface area contributed by atoms with E-state index in [2.05, 4.69) is 24.0 Å². The standard InChI is InChI=1S/C78H181N14O16P23/c1-48-79-86(2)125(41,65-80-87(3)126(42,67-82-89(5)128(44,71(49-109(9,10)93)50-110(11,12)94)72(51-111(13,14)95)52-112(15,16)96)68-83-90(6)129(45,73(53-113(17,18)97)54-114(19,20)98)74(55-115(21,22)99)56-116(23,24)100)66-81-88(4)127(43,69-84-91(7)130(46,75(57-117(25,26)101)58-118(27,28)102)76(59-119(29,30)103)60-120(31,32)104)70-85-92(8)131(47,77(61-121(33,34)105)62-122(35,36)106)78(63-123(37,38)107)64-124(39,40)108/h48,65-78H,41-47,49-64H2,1-40H3/i48D,65D,66D,67D,68D,69D,70D. The SMILES string of the molecule is [2H]C(C)=NN(C)P(=C)(C([2H])=NN(C)P(=C)(C([2H])=NN(C)P(=C)(C(CP(C)(C)=O)CP(C)(C)=O)C(CP(C)(C)=O)CP(C)(C)=O)C([2H])=NN(C)P(=C)(C(CP(C)(C)=O)CP(C)(C)=O)C(CP(C)(C)=O)CP(C)(C)=O)C([2H])=NN(C)P(=C)(C([2H])=NN(C)P(=C)(C(CP(C)(C)=O)CP(C)(C)=O)C(CP(C)(C)=O)CP(C)(C)=O)C([2H])=NN(C)P(=C)(C(CP(C)(C)=O)CP(C)(C)=O)C(CP(C)(C)=O)CP(C)(C)=O. The van der Waals surface area contributed by atoms with Gasteiger partial charge in [0.25, 0.3) is 0 Å². The van der Waals surface area contributed by atoms with E-state index >= 15 is 0 Å². The summed E-state index contributed by atoms with van der Waals surface area (Å²) in [6.45, 7) is 50.9. The van der Waals surface area contributed by atoms with Crippen molar-refractivity contribution in [2.75, 3.05) is 361 Å². The third kappa shape index (κ3) is 50.2. The molecule has 0 aromatic heterocycles. The lowest BCUT2D eigenvalue weighted by molar-refractivity contribution is 0.557. The monoisotopic (exact) mass is 2290 g/mol. The minimum absolute atomic E-state index is 0.101. The second kappa shape index (κ2) is 49.1. The predicted octanol–water partition coefficient (Wildman–Crippen LogP) is 22.6. The largest absolute Gasteiger partial charge is 0.324 e. The lowest BCUT2D eigenvalue weighted by Gasteiger charge is -2.47. The van der Waals surface area contributed by atoms with Crippen LogP contribution in [-0.2, 0) is 73.0 Å². The van der Waals surface area contributed by atoms with Gasteiger partial charge in [-0.25, -0.2) is 0 Å². The van der Waals surface area contributed by atoms with Gasteiger partial charge in [0, 0.05) is 199 Å². The number of hydrogen-bond donors (Lipinski definition) is 0.